The highest BCUT2D eigenvalue weighted by atomic mass is 16.4. The van der Waals surface area contributed by atoms with Crippen molar-refractivity contribution in [2.24, 2.45) is 0 Å². The first-order chi connectivity index (χ1) is 9.52. The predicted octanol–water partition coefficient (Wildman–Crippen LogP) is 0.544. The third-order valence-electron chi connectivity index (χ3n) is 3.02. The van der Waals surface area contributed by atoms with Crippen molar-refractivity contribution >= 4 is 6.09 Å². The Labute approximate surface area is 118 Å². The number of aliphatic hydroxyl groups excluding tert-OH is 2. The van der Waals surface area contributed by atoms with Gasteiger partial charge in [0.2, 0.25) is 0 Å². The second kappa shape index (κ2) is 8.52. The molecule has 0 radical (unpaired) electrons. The Morgan fingerprint density at radius 3 is 2.45 bits per heavy atom. The van der Waals surface area contributed by atoms with Crippen molar-refractivity contribution in [1.29, 1.82) is 0 Å². The summed E-state index contributed by atoms with van der Waals surface area (Å²) < 4.78 is 0. The number of carbonyl (C=O) groups is 1. The van der Waals surface area contributed by atoms with Crippen LogP contribution in [-0.2, 0) is 6.42 Å². The molecule has 0 aliphatic rings. The molecule has 0 aromatic heterocycles. The van der Waals surface area contributed by atoms with E-state index >= 15 is 0 Å². The summed E-state index contributed by atoms with van der Waals surface area (Å²) in [6.07, 6.45) is -1.90. The van der Waals surface area contributed by atoms with Crippen LogP contribution in [0.4, 0.5) is 4.79 Å². The SMILES string of the molecule is CCC(O)NC[C@H](O)[C@H](Cc1ccccc1)NC(=O)O. The number of rotatable bonds is 8. The zero-order valence-corrected chi connectivity index (χ0v) is 11.5. The minimum atomic E-state index is -1.18. The molecule has 112 valence electrons. The van der Waals surface area contributed by atoms with E-state index in [0.29, 0.717) is 12.8 Å². The third kappa shape index (κ3) is 6.01. The van der Waals surface area contributed by atoms with Crippen molar-refractivity contribution in [3.8, 4) is 0 Å². The van der Waals surface area contributed by atoms with Crippen LogP contribution < -0.4 is 10.6 Å². The number of hydrogen-bond donors (Lipinski definition) is 5. The maximum atomic E-state index is 10.8. The Morgan fingerprint density at radius 2 is 1.90 bits per heavy atom. The Kier molecular flexibility index (Phi) is 7.00. The molecule has 0 saturated carbocycles. The second-order valence-corrected chi connectivity index (χ2v) is 4.65. The Balaban J connectivity index is 2.61. The van der Waals surface area contributed by atoms with Crippen LogP contribution in [0.2, 0.25) is 0 Å². The zero-order chi connectivity index (χ0) is 15.0. The van der Waals surface area contributed by atoms with E-state index in [1.807, 2.05) is 30.3 Å². The second-order valence-electron chi connectivity index (χ2n) is 4.65. The number of hydrogen-bond acceptors (Lipinski definition) is 4. The van der Waals surface area contributed by atoms with Gasteiger partial charge in [-0.25, -0.2) is 4.79 Å². The van der Waals surface area contributed by atoms with Gasteiger partial charge in [0.1, 0.15) is 6.23 Å². The highest BCUT2D eigenvalue weighted by Crippen LogP contribution is 2.06. The van der Waals surface area contributed by atoms with Crippen molar-refractivity contribution in [3.05, 3.63) is 35.9 Å². The van der Waals surface area contributed by atoms with Crippen LogP contribution in [0.5, 0.6) is 0 Å². The number of carboxylic acid groups (broad SMARTS) is 1. The molecule has 1 rings (SSSR count). The smallest absolute Gasteiger partial charge is 0.404 e. The summed E-state index contributed by atoms with van der Waals surface area (Å²) in [6, 6.07) is 8.71. The number of amides is 1. The molecule has 3 atom stereocenters. The van der Waals surface area contributed by atoms with Gasteiger partial charge in [-0.1, -0.05) is 37.3 Å². The van der Waals surface area contributed by atoms with Crippen LogP contribution in [0.1, 0.15) is 18.9 Å². The van der Waals surface area contributed by atoms with Gasteiger partial charge in [0.15, 0.2) is 0 Å². The first-order valence-corrected chi connectivity index (χ1v) is 6.65. The molecular weight excluding hydrogens is 260 g/mol. The molecule has 1 aromatic carbocycles. The average molecular weight is 282 g/mol. The van der Waals surface area contributed by atoms with Gasteiger partial charge in [0.25, 0.3) is 0 Å². The fraction of sp³-hybridized carbons (Fsp3) is 0.500. The third-order valence-corrected chi connectivity index (χ3v) is 3.02. The first-order valence-electron chi connectivity index (χ1n) is 6.65. The molecule has 5 N–H and O–H groups in total. The summed E-state index contributed by atoms with van der Waals surface area (Å²) in [5.74, 6) is 0. The van der Waals surface area contributed by atoms with E-state index in [9.17, 15) is 15.0 Å². The lowest BCUT2D eigenvalue weighted by molar-refractivity contribution is 0.0798. The number of aliphatic hydroxyl groups is 2. The lowest BCUT2D eigenvalue weighted by Crippen LogP contribution is -2.49. The molecule has 0 spiro atoms. The van der Waals surface area contributed by atoms with Gasteiger partial charge in [0.05, 0.1) is 12.1 Å². The normalized spacial score (nSPS) is 15.3. The largest absolute Gasteiger partial charge is 0.465 e. The summed E-state index contributed by atoms with van der Waals surface area (Å²) in [6.45, 7) is 1.92. The van der Waals surface area contributed by atoms with Gasteiger partial charge in [0, 0.05) is 6.54 Å². The predicted molar refractivity (Wildman–Crippen MR) is 75.4 cm³/mol. The van der Waals surface area contributed by atoms with Gasteiger partial charge >= 0.3 is 6.09 Å². The Morgan fingerprint density at radius 1 is 1.25 bits per heavy atom. The standard InChI is InChI=1S/C14H22N2O4/c1-2-13(18)15-9-12(17)11(16-14(19)20)8-10-6-4-3-5-7-10/h3-7,11-13,15-18H,2,8-9H2,1H3,(H,19,20)/t11-,12-,13?/m0/s1. The summed E-state index contributed by atoms with van der Waals surface area (Å²) in [7, 11) is 0. The van der Waals surface area contributed by atoms with Crippen LogP contribution in [0.3, 0.4) is 0 Å². The molecule has 0 bridgehead atoms. The van der Waals surface area contributed by atoms with E-state index < -0.39 is 24.5 Å². The van der Waals surface area contributed by atoms with Gasteiger partial charge < -0.3 is 20.6 Å². The molecule has 1 amide bonds. The molecule has 0 saturated heterocycles. The molecule has 20 heavy (non-hydrogen) atoms. The molecule has 6 heteroatoms. The zero-order valence-electron chi connectivity index (χ0n) is 11.5. The van der Waals surface area contributed by atoms with E-state index in [4.69, 9.17) is 5.11 Å². The molecule has 1 aromatic rings. The van der Waals surface area contributed by atoms with E-state index in [2.05, 4.69) is 10.6 Å². The fourth-order valence-corrected chi connectivity index (χ4v) is 1.85. The van der Waals surface area contributed by atoms with E-state index in [0.717, 1.165) is 5.56 Å². The molecule has 0 aliphatic heterocycles. The minimum Gasteiger partial charge on any atom is -0.465 e. The highest BCUT2D eigenvalue weighted by molar-refractivity contribution is 5.65. The lowest BCUT2D eigenvalue weighted by atomic mass is 10.0. The van der Waals surface area contributed by atoms with Gasteiger partial charge in [-0.05, 0) is 18.4 Å². The van der Waals surface area contributed by atoms with Gasteiger partial charge in [-0.3, -0.25) is 5.32 Å². The van der Waals surface area contributed by atoms with E-state index in [1.54, 1.807) is 6.92 Å². The Bertz CT molecular complexity index is 399. The molecule has 0 heterocycles. The summed E-state index contributed by atoms with van der Waals surface area (Å²) >= 11 is 0. The van der Waals surface area contributed by atoms with Crippen molar-refractivity contribution < 1.29 is 20.1 Å². The van der Waals surface area contributed by atoms with Crippen molar-refractivity contribution in [2.75, 3.05) is 6.54 Å². The van der Waals surface area contributed by atoms with Crippen LogP contribution >= 0.6 is 0 Å². The summed E-state index contributed by atoms with van der Waals surface area (Å²) in [4.78, 5) is 10.8. The number of benzene rings is 1. The van der Waals surface area contributed by atoms with Crippen molar-refractivity contribution in [1.82, 2.24) is 10.6 Å². The average Bonchev–Trinajstić information content (AvgIpc) is 2.44. The molecular formula is C14H22N2O4. The van der Waals surface area contributed by atoms with E-state index in [1.165, 1.54) is 0 Å². The van der Waals surface area contributed by atoms with Crippen molar-refractivity contribution in [2.45, 2.75) is 38.1 Å². The molecule has 0 aliphatic carbocycles. The van der Waals surface area contributed by atoms with E-state index in [-0.39, 0.29) is 6.54 Å². The minimum absolute atomic E-state index is 0.118. The van der Waals surface area contributed by atoms with Gasteiger partial charge in [-0.15, -0.1) is 0 Å². The summed E-state index contributed by atoms with van der Waals surface area (Å²) in [5, 5.41) is 33.4. The molecule has 0 fully saturated rings. The van der Waals surface area contributed by atoms with Crippen molar-refractivity contribution in [3.63, 3.8) is 0 Å². The van der Waals surface area contributed by atoms with Crippen LogP contribution in [-0.4, -0.2) is 46.3 Å². The molecule has 1 unspecified atom stereocenters. The van der Waals surface area contributed by atoms with Crippen LogP contribution in [0.15, 0.2) is 30.3 Å². The monoisotopic (exact) mass is 282 g/mol. The maximum absolute atomic E-state index is 10.8. The van der Waals surface area contributed by atoms with Crippen LogP contribution in [0.25, 0.3) is 0 Å². The fourth-order valence-electron chi connectivity index (χ4n) is 1.85. The number of nitrogens with one attached hydrogen (secondary N) is 2. The first kappa shape index (κ1) is 16.4. The van der Waals surface area contributed by atoms with Crippen LogP contribution in [0, 0.1) is 0 Å². The lowest BCUT2D eigenvalue weighted by Gasteiger charge is -2.24. The van der Waals surface area contributed by atoms with Gasteiger partial charge in [-0.2, -0.15) is 0 Å². The quantitative estimate of drug-likeness (QED) is 0.448. The molecule has 6 nitrogen and oxygen atoms in total. The summed E-state index contributed by atoms with van der Waals surface area (Å²) in [5.41, 5.74) is 0.932. The topological polar surface area (TPSA) is 102 Å². The maximum Gasteiger partial charge on any atom is 0.404 e. The highest BCUT2D eigenvalue weighted by Gasteiger charge is 2.21. The Hall–Kier alpha value is -1.63.